The van der Waals surface area contributed by atoms with Gasteiger partial charge in [-0.05, 0) is 45.4 Å². The van der Waals surface area contributed by atoms with E-state index >= 15 is 0 Å². The van der Waals surface area contributed by atoms with Crippen LogP contribution in [-0.4, -0.2) is 29.4 Å². The number of aryl methyl sites for hydroxylation is 1. The Morgan fingerprint density at radius 2 is 1.86 bits per heavy atom. The molecule has 29 heavy (non-hydrogen) atoms. The van der Waals surface area contributed by atoms with Gasteiger partial charge in [0.25, 0.3) is 0 Å². The third-order valence-electron chi connectivity index (χ3n) is 5.07. The molecule has 0 saturated heterocycles. The van der Waals surface area contributed by atoms with Gasteiger partial charge in [0.1, 0.15) is 6.04 Å². The Hall–Kier alpha value is -3.12. The van der Waals surface area contributed by atoms with E-state index in [9.17, 15) is 9.59 Å². The molecule has 2 atom stereocenters. The van der Waals surface area contributed by atoms with E-state index in [1.54, 1.807) is 27.0 Å². The van der Waals surface area contributed by atoms with Crippen LogP contribution in [0, 0.1) is 13.8 Å². The van der Waals surface area contributed by atoms with Gasteiger partial charge in [-0.2, -0.15) is 0 Å². The first-order chi connectivity index (χ1) is 13.9. The number of carbonyl (C=O) groups is 2. The van der Waals surface area contributed by atoms with Gasteiger partial charge >= 0.3 is 5.97 Å². The second-order valence-electron chi connectivity index (χ2n) is 7.09. The van der Waals surface area contributed by atoms with Crippen LogP contribution in [0.2, 0.25) is 0 Å². The third kappa shape index (κ3) is 4.32. The standard InChI is InChI=1S/C23H26N2O4/c1-5-28-23(27)19-14(2)20(24-15(19)3)22(26)16(4)25-21(18-12-9-13-29-18)17-10-7-6-8-11-17/h6-13,16,21,24-25H,5H2,1-4H3/p+1/t16-,21-/m0/s1. The predicted octanol–water partition coefficient (Wildman–Crippen LogP) is 3.33. The van der Waals surface area contributed by atoms with Crippen molar-refractivity contribution in [3.05, 3.63) is 82.6 Å². The van der Waals surface area contributed by atoms with Crippen molar-refractivity contribution < 1.29 is 24.1 Å². The largest absolute Gasteiger partial charge is 0.463 e. The van der Waals surface area contributed by atoms with Crippen LogP contribution in [0.5, 0.6) is 0 Å². The fourth-order valence-corrected chi connectivity index (χ4v) is 3.61. The molecule has 0 aliphatic rings. The zero-order valence-corrected chi connectivity index (χ0v) is 17.2. The van der Waals surface area contributed by atoms with Crippen molar-refractivity contribution >= 4 is 11.8 Å². The van der Waals surface area contributed by atoms with Crippen molar-refractivity contribution in [2.45, 2.75) is 39.8 Å². The second kappa shape index (κ2) is 8.92. The molecule has 152 valence electrons. The highest BCUT2D eigenvalue weighted by atomic mass is 16.5. The minimum atomic E-state index is -0.410. The summed E-state index contributed by atoms with van der Waals surface area (Å²) in [4.78, 5) is 28.5. The quantitative estimate of drug-likeness (QED) is 0.452. The number of aromatic nitrogens is 1. The molecule has 0 saturated carbocycles. The number of ether oxygens (including phenoxy) is 1. The molecule has 2 aromatic heterocycles. The second-order valence-corrected chi connectivity index (χ2v) is 7.09. The molecule has 6 heteroatoms. The summed E-state index contributed by atoms with van der Waals surface area (Å²) in [5.41, 5.74) is 3.20. The summed E-state index contributed by atoms with van der Waals surface area (Å²) in [7, 11) is 0. The molecule has 0 amide bonds. The number of ketones is 1. The first-order valence-electron chi connectivity index (χ1n) is 9.77. The topological polar surface area (TPSA) is 88.9 Å². The molecular formula is C23H27N2O4+. The number of hydrogen-bond donors (Lipinski definition) is 2. The van der Waals surface area contributed by atoms with Crippen LogP contribution >= 0.6 is 0 Å². The lowest BCUT2D eigenvalue weighted by Crippen LogP contribution is -2.92. The van der Waals surface area contributed by atoms with Gasteiger partial charge in [-0.25, -0.2) is 4.79 Å². The Kier molecular flexibility index (Phi) is 6.34. The van der Waals surface area contributed by atoms with E-state index in [0.717, 1.165) is 11.3 Å². The first kappa shape index (κ1) is 20.6. The summed E-state index contributed by atoms with van der Waals surface area (Å²) in [6, 6.07) is 13.1. The lowest BCUT2D eigenvalue weighted by Gasteiger charge is -2.18. The summed E-state index contributed by atoms with van der Waals surface area (Å²) < 4.78 is 10.8. The van der Waals surface area contributed by atoms with Crippen molar-refractivity contribution in [1.29, 1.82) is 0 Å². The minimum absolute atomic E-state index is 0.0753. The minimum Gasteiger partial charge on any atom is -0.463 e. The van der Waals surface area contributed by atoms with Crippen LogP contribution in [0.15, 0.2) is 53.1 Å². The highest BCUT2D eigenvalue weighted by Gasteiger charge is 2.31. The summed E-state index contributed by atoms with van der Waals surface area (Å²) >= 11 is 0. The molecule has 1 aromatic carbocycles. The highest BCUT2D eigenvalue weighted by Crippen LogP contribution is 2.22. The van der Waals surface area contributed by atoms with Crippen molar-refractivity contribution in [3.63, 3.8) is 0 Å². The van der Waals surface area contributed by atoms with E-state index in [4.69, 9.17) is 9.15 Å². The summed E-state index contributed by atoms with van der Waals surface area (Å²) in [6.07, 6.45) is 1.63. The number of hydrogen-bond acceptors (Lipinski definition) is 4. The smallest absolute Gasteiger partial charge is 0.340 e. The number of H-pyrrole nitrogens is 1. The Morgan fingerprint density at radius 1 is 1.14 bits per heavy atom. The van der Waals surface area contributed by atoms with Crippen LogP contribution < -0.4 is 5.32 Å². The van der Waals surface area contributed by atoms with Crippen LogP contribution in [-0.2, 0) is 4.74 Å². The molecule has 0 spiro atoms. The number of Topliss-reactive ketones (excluding diaryl/α,β-unsaturated/α-hetero) is 1. The normalized spacial score (nSPS) is 13.1. The Morgan fingerprint density at radius 3 is 2.48 bits per heavy atom. The van der Waals surface area contributed by atoms with E-state index in [1.807, 2.05) is 54.7 Å². The van der Waals surface area contributed by atoms with Gasteiger partial charge in [0.2, 0.25) is 5.78 Å². The maximum Gasteiger partial charge on any atom is 0.340 e. The third-order valence-corrected chi connectivity index (χ3v) is 5.07. The van der Waals surface area contributed by atoms with Gasteiger partial charge in [-0.3, -0.25) is 4.79 Å². The van der Waals surface area contributed by atoms with E-state index in [0.29, 0.717) is 22.5 Å². The van der Waals surface area contributed by atoms with Gasteiger partial charge in [-0.15, -0.1) is 0 Å². The molecule has 2 heterocycles. The van der Waals surface area contributed by atoms with Crippen molar-refractivity contribution in [1.82, 2.24) is 4.98 Å². The fourth-order valence-electron chi connectivity index (χ4n) is 3.61. The SMILES string of the molecule is CCOC(=O)c1c(C)[nH]c(C(=O)[C@H](C)[NH2+][C@@H](c2ccccc2)c2ccco2)c1C. The number of nitrogens with two attached hydrogens (primary N) is 1. The van der Waals surface area contributed by atoms with Crippen molar-refractivity contribution in [3.8, 4) is 0 Å². The van der Waals surface area contributed by atoms with Gasteiger partial charge in [0, 0.05) is 11.3 Å². The lowest BCUT2D eigenvalue weighted by molar-refractivity contribution is -0.705. The van der Waals surface area contributed by atoms with Crippen molar-refractivity contribution in [2.24, 2.45) is 0 Å². The number of quaternary nitrogens is 1. The van der Waals surface area contributed by atoms with Gasteiger partial charge in [0.15, 0.2) is 11.8 Å². The number of aromatic amines is 1. The van der Waals surface area contributed by atoms with E-state index in [2.05, 4.69) is 4.98 Å². The van der Waals surface area contributed by atoms with E-state index in [1.165, 1.54) is 0 Å². The summed E-state index contributed by atoms with van der Waals surface area (Å²) in [6.45, 7) is 7.47. The molecule has 0 radical (unpaired) electrons. The molecule has 0 fully saturated rings. The van der Waals surface area contributed by atoms with Gasteiger partial charge in [-0.1, -0.05) is 30.3 Å². The zero-order chi connectivity index (χ0) is 21.0. The molecule has 3 N–H and O–H groups in total. The number of benzene rings is 1. The molecule has 0 unspecified atom stereocenters. The Bertz CT molecular complexity index is 974. The summed E-state index contributed by atoms with van der Waals surface area (Å²) in [5.74, 6) is 0.295. The van der Waals surface area contributed by atoms with Gasteiger partial charge in [0.05, 0.1) is 24.1 Å². The van der Waals surface area contributed by atoms with Crippen LogP contribution in [0.25, 0.3) is 0 Å². The first-order valence-corrected chi connectivity index (χ1v) is 9.77. The molecule has 0 aliphatic heterocycles. The zero-order valence-electron chi connectivity index (χ0n) is 17.2. The van der Waals surface area contributed by atoms with Crippen LogP contribution in [0.3, 0.4) is 0 Å². The van der Waals surface area contributed by atoms with E-state index < -0.39 is 12.0 Å². The molecule has 3 aromatic rings. The number of esters is 1. The molecule has 6 nitrogen and oxygen atoms in total. The summed E-state index contributed by atoms with van der Waals surface area (Å²) in [5, 5.41) is 1.98. The maximum absolute atomic E-state index is 13.2. The highest BCUT2D eigenvalue weighted by molar-refractivity contribution is 6.03. The van der Waals surface area contributed by atoms with Gasteiger partial charge < -0.3 is 19.5 Å². The van der Waals surface area contributed by atoms with Crippen LogP contribution in [0.1, 0.15) is 63.3 Å². The Balaban J connectivity index is 1.86. The number of furan rings is 1. The molecule has 0 bridgehead atoms. The average Bonchev–Trinajstić information content (AvgIpc) is 3.34. The number of rotatable bonds is 8. The monoisotopic (exact) mass is 395 g/mol. The predicted molar refractivity (Wildman–Crippen MR) is 109 cm³/mol. The number of nitrogens with one attached hydrogen (secondary N) is 1. The molecule has 3 rings (SSSR count). The maximum atomic E-state index is 13.2. The fraction of sp³-hybridized carbons (Fsp3) is 0.304. The van der Waals surface area contributed by atoms with E-state index in [-0.39, 0.29) is 18.4 Å². The molecular weight excluding hydrogens is 368 g/mol. The van der Waals surface area contributed by atoms with Crippen LogP contribution in [0.4, 0.5) is 0 Å². The Labute approximate surface area is 170 Å². The van der Waals surface area contributed by atoms with Crippen molar-refractivity contribution in [2.75, 3.05) is 6.61 Å². The molecule has 0 aliphatic carbocycles. The number of carbonyl (C=O) groups excluding carboxylic acids is 2. The lowest BCUT2D eigenvalue weighted by atomic mass is 10.0. The average molecular weight is 395 g/mol.